The summed E-state index contributed by atoms with van der Waals surface area (Å²) in [7, 11) is 5.84. The lowest BCUT2D eigenvalue weighted by molar-refractivity contribution is 0.566. The summed E-state index contributed by atoms with van der Waals surface area (Å²) in [6.07, 6.45) is 7.98. The fourth-order valence-corrected chi connectivity index (χ4v) is 3.77. The molecule has 1 saturated heterocycles. The summed E-state index contributed by atoms with van der Waals surface area (Å²) in [6, 6.07) is 12.8. The SMILES string of the molecule is C=C/C(=C\N(C)C)c1cccc(-c2ccc(/C(C=NC)=C/C)c(N3CCNCC3)n2)c1.CC. The van der Waals surface area contributed by atoms with Gasteiger partial charge in [0.15, 0.2) is 0 Å². The van der Waals surface area contributed by atoms with Gasteiger partial charge in [0.1, 0.15) is 5.82 Å². The Bertz CT molecular complexity index is 995. The van der Waals surface area contributed by atoms with E-state index in [2.05, 4.69) is 70.5 Å². The van der Waals surface area contributed by atoms with Crippen molar-refractivity contribution in [1.82, 2.24) is 15.2 Å². The Balaban J connectivity index is 0.00000187. The number of pyridine rings is 1. The second-order valence-corrected chi connectivity index (χ2v) is 7.77. The molecule has 176 valence electrons. The number of anilines is 1. The fraction of sp³-hybridized carbons (Fsp3) is 0.357. The monoisotopic (exact) mass is 445 g/mol. The maximum Gasteiger partial charge on any atom is 0.137 e. The molecule has 33 heavy (non-hydrogen) atoms. The van der Waals surface area contributed by atoms with Crippen molar-refractivity contribution in [2.24, 2.45) is 4.99 Å². The second-order valence-electron chi connectivity index (χ2n) is 7.77. The van der Waals surface area contributed by atoms with E-state index in [9.17, 15) is 0 Å². The maximum atomic E-state index is 5.14. The Kier molecular flexibility index (Phi) is 10.6. The molecule has 3 rings (SSSR count). The highest BCUT2D eigenvalue weighted by Gasteiger charge is 2.18. The van der Waals surface area contributed by atoms with Crippen LogP contribution in [0.4, 0.5) is 5.82 Å². The lowest BCUT2D eigenvalue weighted by Gasteiger charge is -2.30. The van der Waals surface area contributed by atoms with Crippen molar-refractivity contribution in [3.8, 4) is 11.3 Å². The van der Waals surface area contributed by atoms with Crippen LogP contribution in [0.3, 0.4) is 0 Å². The quantitative estimate of drug-likeness (QED) is 0.459. The highest BCUT2D eigenvalue weighted by molar-refractivity contribution is 6.11. The minimum Gasteiger partial charge on any atom is -0.383 e. The zero-order valence-corrected chi connectivity index (χ0v) is 21.1. The van der Waals surface area contributed by atoms with Gasteiger partial charge in [-0.1, -0.05) is 50.8 Å². The molecular formula is C28H39N5. The van der Waals surface area contributed by atoms with Crippen LogP contribution >= 0.6 is 0 Å². The molecule has 1 aliphatic rings. The van der Waals surface area contributed by atoms with Crippen molar-refractivity contribution in [2.75, 3.05) is 52.2 Å². The van der Waals surface area contributed by atoms with Crippen molar-refractivity contribution in [1.29, 1.82) is 0 Å². The molecule has 0 aliphatic carbocycles. The largest absolute Gasteiger partial charge is 0.383 e. The van der Waals surface area contributed by atoms with E-state index in [1.54, 1.807) is 7.05 Å². The Labute approximate surface area is 200 Å². The van der Waals surface area contributed by atoms with Crippen LogP contribution in [0.25, 0.3) is 22.4 Å². The predicted molar refractivity (Wildman–Crippen MR) is 146 cm³/mol. The molecule has 0 saturated carbocycles. The third-order valence-corrected chi connectivity index (χ3v) is 5.29. The van der Waals surface area contributed by atoms with E-state index < -0.39 is 0 Å². The highest BCUT2D eigenvalue weighted by Crippen LogP contribution is 2.30. The lowest BCUT2D eigenvalue weighted by atomic mass is 10.0. The van der Waals surface area contributed by atoms with Gasteiger partial charge in [-0.25, -0.2) is 4.98 Å². The van der Waals surface area contributed by atoms with E-state index in [0.717, 1.165) is 65.5 Å². The first-order valence-electron chi connectivity index (χ1n) is 11.7. The summed E-state index contributed by atoms with van der Waals surface area (Å²) < 4.78 is 0. The van der Waals surface area contributed by atoms with Gasteiger partial charge in [0.05, 0.1) is 5.69 Å². The molecule has 0 unspecified atom stereocenters. The van der Waals surface area contributed by atoms with Gasteiger partial charge in [-0.05, 0) is 41.8 Å². The molecule has 1 fully saturated rings. The third-order valence-electron chi connectivity index (χ3n) is 5.29. The van der Waals surface area contributed by atoms with Gasteiger partial charge in [-0.15, -0.1) is 0 Å². The Morgan fingerprint density at radius 3 is 2.45 bits per heavy atom. The smallest absolute Gasteiger partial charge is 0.137 e. The Morgan fingerprint density at radius 1 is 1.12 bits per heavy atom. The standard InChI is InChI=1S/C26H33N5.C2H6/c1-6-20(18-27-3)24-11-12-25(29-26(24)31-15-13-28-14-16-31)23-10-8-9-22(17-23)21(7-2)19-30(4)5;1-2/h6-12,17-19,28H,2,13-16H2,1,3-5H3;1-2H3/b20-6+,21-19+,27-18?;. The number of benzene rings is 1. The number of aliphatic imine (C=N–C) groups is 1. The Morgan fingerprint density at radius 2 is 1.85 bits per heavy atom. The van der Waals surface area contributed by atoms with Gasteiger partial charge in [0, 0.05) is 70.9 Å². The predicted octanol–water partition coefficient (Wildman–Crippen LogP) is 5.38. The molecule has 1 aromatic carbocycles. The molecule has 0 atom stereocenters. The summed E-state index contributed by atoms with van der Waals surface area (Å²) in [5.41, 5.74) is 6.49. The van der Waals surface area contributed by atoms with Crippen molar-refractivity contribution in [3.63, 3.8) is 0 Å². The number of nitrogens with zero attached hydrogens (tertiary/aromatic N) is 4. The summed E-state index contributed by atoms with van der Waals surface area (Å²) in [4.78, 5) is 13.8. The van der Waals surface area contributed by atoms with Crippen LogP contribution in [0.15, 0.2) is 66.3 Å². The molecule has 0 radical (unpaired) electrons. The number of nitrogens with one attached hydrogen (secondary N) is 1. The van der Waals surface area contributed by atoms with Gasteiger partial charge in [-0.2, -0.15) is 0 Å². The molecular weight excluding hydrogens is 406 g/mol. The average Bonchev–Trinajstić information content (AvgIpc) is 2.87. The first kappa shape index (κ1) is 26.1. The van der Waals surface area contributed by atoms with Crippen LogP contribution in [0.5, 0.6) is 0 Å². The molecule has 0 amide bonds. The van der Waals surface area contributed by atoms with Crippen LogP contribution in [0.2, 0.25) is 0 Å². The minimum atomic E-state index is 0.940. The van der Waals surface area contributed by atoms with E-state index >= 15 is 0 Å². The van der Waals surface area contributed by atoms with Crippen LogP contribution in [0.1, 0.15) is 31.9 Å². The van der Waals surface area contributed by atoms with Crippen molar-refractivity contribution < 1.29 is 0 Å². The zero-order valence-electron chi connectivity index (χ0n) is 21.1. The van der Waals surface area contributed by atoms with Crippen LogP contribution in [0, 0.1) is 0 Å². The number of hydrogen-bond acceptors (Lipinski definition) is 5. The zero-order chi connectivity index (χ0) is 24.2. The Hall–Kier alpha value is -3.18. The number of aromatic nitrogens is 1. The van der Waals surface area contributed by atoms with Crippen LogP contribution < -0.4 is 10.2 Å². The van der Waals surface area contributed by atoms with Crippen LogP contribution in [-0.2, 0) is 0 Å². The molecule has 2 heterocycles. The molecule has 1 aromatic heterocycles. The van der Waals surface area contributed by atoms with E-state index in [-0.39, 0.29) is 0 Å². The van der Waals surface area contributed by atoms with Crippen LogP contribution in [-0.4, -0.2) is 63.4 Å². The van der Waals surface area contributed by atoms with E-state index in [4.69, 9.17) is 4.98 Å². The summed E-state index contributed by atoms with van der Waals surface area (Å²) in [5, 5.41) is 3.43. The molecule has 5 heteroatoms. The normalized spacial score (nSPS) is 14.7. The summed E-state index contributed by atoms with van der Waals surface area (Å²) >= 11 is 0. The van der Waals surface area contributed by atoms with Gasteiger partial charge < -0.3 is 15.1 Å². The molecule has 1 N–H and O–H groups in total. The molecule has 5 nitrogen and oxygen atoms in total. The van der Waals surface area contributed by atoms with E-state index in [1.165, 1.54) is 0 Å². The topological polar surface area (TPSA) is 43.8 Å². The second kappa shape index (κ2) is 13.4. The molecule has 0 bridgehead atoms. The van der Waals surface area contributed by atoms with Crippen molar-refractivity contribution in [2.45, 2.75) is 20.8 Å². The van der Waals surface area contributed by atoms with E-state index in [0.29, 0.717) is 0 Å². The van der Waals surface area contributed by atoms with Gasteiger partial charge in [-0.3, -0.25) is 4.99 Å². The minimum absolute atomic E-state index is 0.940. The maximum absolute atomic E-state index is 5.14. The molecule has 0 spiro atoms. The summed E-state index contributed by atoms with van der Waals surface area (Å²) in [6.45, 7) is 13.8. The third kappa shape index (κ3) is 6.90. The molecule has 1 aliphatic heterocycles. The van der Waals surface area contributed by atoms with Gasteiger partial charge >= 0.3 is 0 Å². The van der Waals surface area contributed by atoms with Gasteiger partial charge in [0.2, 0.25) is 0 Å². The first-order chi connectivity index (χ1) is 16.1. The number of rotatable bonds is 7. The average molecular weight is 446 g/mol. The van der Waals surface area contributed by atoms with Gasteiger partial charge in [0.25, 0.3) is 0 Å². The highest BCUT2D eigenvalue weighted by atomic mass is 15.2. The number of allylic oxidation sites excluding steroid dienone is 4. The number of hydrogen-bond donors (Lipinski definition) is 1. The van der Waals surface area contributed by atoms with Crippen molar-refractivity contribution >= 4 is 23.2 Å². The summed E-state index contributed by atoms with van der Waals surface area (Å²) in [5.74, 6) is 1.02. The number of piperazine rings is 1. The van der Waals surface area contributed by atoms with E-state index in [1.807, 2.05) is 52.1 Å². The molecule has 2 aromatic rings. The van der Waals surface area contributed by atoms with Crippen molar-refractivity contribution in [3.05, 3.63) is 72.5 Å². The lowest BCUT2D eigenvalue weighted by Crippen LogP contribution is -2.44. The first-order valence-corrected chi connectivity index (χ1v) is 11.7. The fourth-order valence-electron chi connectivity index (χ4n) is 3.77.